The Labute approximate surface area is 174 Å². The third-order valence-electron chi connectivity index (χ3n) is 4.41. The van der Waals surface area contributed by atoms with Crippen molar-refractivity contribution < 1.29 is 24.1 Å². The molecule has 0 aliphatic carbocycles. The highest BCUT2D eigenvalue weighted by molar-refractivity contribution is 5.95. The van der Waals surface area contributed by atoms with E-state index in [-0.39, 0.29) is 19.1 Å². The molecule has 0 atom stereocenters. The van der Waals surface area contributed by atoms with Crippen molar-refractivity contribution in [3.63, 3.8) is 0 Å². The molecular weight excluding hydrogens is 386 g/mol. The number of amides is 1. The molecule has 0 radical (unpaired) electrons. The Balaban J connectivity index is 1.99. The van der Waals surface area contributed by atoms with Crippen LogP contribution in [0.1, 0.15) is 10.4 Å². The van der Waals surface area contributed by atoms with Gasteiger partial charge in [-0.1, -0.05) is 12.1 Å². The number of hydrogen-bond acceptors (Lipinski definition) is 7. The van der Waals surface area contributed by atoms with E-state index in [2.05, 4.69) is 10.3 Å². The Hall–Kier alpha value is -3.65. The lowest BCUT2D eigenvalue weighted by Crippen LogP contribution is -2.26. The van der Waals surface area contributed by atoms with E-state index in [1.54, 1.807) is 64.1 Å². The molecule has 1 heterocycles. The van der Waals surface area contributed by atoms with Gasteiger partial charge in [-0.3, -0.25) is 9.78 Å². The van der Waals surface area contributed by atoms with Crippen molar-refractivity contribution in [3.8, 4) is 39.8 Å². The van der Waals surface area contributed by atoms with Crippen LogP contribution in [0.2, 0.25) is 0 Å². The van der Waals surface area contributed by atoms with Crippen LogP contribution in [0.3, 0.4) is 0 Å². The summed E-state index contributed by atoms with van der Waals surface area (Å²) >= 11 is 0. The predicted molar refractivity (Wildman–Crippen MR) is 112 cm³/mol. The third-order valence-corrected chi connectivity index (χ3v) is 4.41. The molecule has 0 aliphatic rings. The summed E-state index contributed by atoms with van der Waals surface area (Å²) in [7, 11) is 4.65. The number of ether oxygens (including phenoxy) is 3. The van der Waals surface area contributed by atoms with E-state index in [1.165, 1.54) is 0 Å². The van der Waals surface area contributed by atoms with Gasteiger partial charge in [0.15, 0.2) is 11.5 Å². The highest BCUT2D eigenvalue weighted by Gasteiger charge is 2.15. The van der Waals surface area contributed by atoms with E-state index in [4.69, 9.17) is 24.3 Å². The van der Waals surface area contributed by atoms with Crippen LogP contribution in [-0.2, 0) is 0 Å². The number of aromatic nitrogens is 2. The molecule has 8 heteroatoms. The van der Waals surface area contributed by atoms with Crippen LogP contribution in [0, 0.1) is 0 Å². The molecule has 8 nitrogen and oxygen atoms in total. The summed E-state index contributed by atoms with van der Waals surface area (Å²) in [6.45, 7) is 0.0766. The van der Waals surface area contributed by atoms with Crippen molar-refractivity contribution in [1.82, 2.24) is 15.3 Å². The average Bonchev–Trinajstić information content (AvgIpc) is 2.81. The average molecular weight is 409 g/mol. The van der Waals surface area contributed by atoms with Gasteiger partial charge in [0.2, 0.25) is 5.75 Å². The normalized spacial score (nSPS) is 10.4. The first kappa shape index (κ1) is 21.1. The van der Waals surface area contributed by atoms with Gasteiger partial charge in [-0.2, -0.15) is 0 Å². The van der Waals surface area contributed by atoms with Crippen molar-refractivity contribution in [2.45, 2.75) is 0 Å². The quantitative estimate of drug-likeness (QED) is 0.589. The Morgan fingerprint density at radius 3 is 2.23 bits per heavy atom. The van der Waals surface area contributed by atoms with E-state index in [1.807, 2.05) is 6.07 Å². The molecule has 2 N–H and O–H groups in total. The van der Waals surface area contributed by atoms with Gasteiger partial charge < -0.3 is 24.6 Å². The molecule has 0 aliphatic heterocycles. The van der Waals surface area contributed by atoms with Gasteiger partial charge in [0.1, 0.15) is 0 Å². The molecule has 0 saturated heterocycles. The SMILES string of the molecule is COc1cc(-c2cncc(-c3cccc(C(=O)NCCO)c3)n2)cc(OC)c1OC. The van der Waals surface area contributed by atoms with Crippen molar-refractivity contribution in [1.29, 1.82) is 0 Å². The molecule has 1 aromatic heterocycles. The molecule has 3 aromatic rings. The standard InChI is InChI=1S/C22H23N3O5/c1-28-19-10-16(11-20(29-2)21(19)30-3)18-13-23-12-17(25-18)14-5-4-6-15(9-14)22(27)24-7-8-26/h4-6,9-13,26H,7-8H2,1-3H3,(H,24,27). The first-order valence-electron chi connectivity index (χ1n) is 9.23. The topological polar surface area (TPSA) is 103 Å². The number of aliphatic hydroxyl groups is 1. The van der Waals surface area contributed by atoms with E-state index < -0.39 is 0 Å². The highest BCUT2D eigenvalue weighted by atomic mass is 16.5. The van der Waals surface area contributed by atoms with Crippen molar-refractivity contribution >= 4 is 5.91 Å². The van der Waals surface area contributed by atoms with Gasteiger partial charge in [-0.15, -0.1) is 0 Å². The fourth-order valence-corrected chi connectivity index (χ4v) is 2.96. The summed E-state index contributed by atoms with van der Waals surface area (Å²) in [6.07, 6.45) is 3.27. The summed E-state index contributed by atoms with van der Waals surface area (Å²) < 4.78 is 16.2. The summed E-state index contributed by atoms with van der Waals surface area (Å²) in [4.78, 5) is 21.2. The second kappa shape index (κ2) is 9.71. The van der Waals surface area contributed by atoms with Crippen molar-refractivity contribution in [2.75, 3.05) is 34.5 Å². The lowest BCUT2D eigenvalue weighted by atomic mass is 10.1. The number of hydrogen-bond donors (Lipinski definition) is 2. The zero-order valence-corrected chi connectivity index (χ0v) is 17.0. The first-order valence-corrected chi connectivity index (χ1v) is 9.23. The van der Waals surface area contributed by atoms with Crippen LogP contribution < -0.4 is 19.5 Å². The minimum atomic E-state index is -0.264. The van der Waals surface area contributed by atoms with Crippen LogP contribution in [0.4, 0.5) is 0 Å². The van der Waals surface area contributed by atoms with Crippen LogP contribution in [-0.4, -0.2) is 55.5 Å². The van der Waals surface area contributed by atoms with Crippen LogP contribution in [0.5, 0.6) is 17.2 Å². The van der Waals surface area contributed by atoms with E-state index in [0.717, 1.165) is 11.1 Å². The second-order valence-electron chi connectivity index (χ2n) is 6.26. The predicted octanol–water partition coefficient (Wildman–Crippen LogP) is 2.56. The monoisotopic (exact) mass is 409 g/mol. The smallest absolute Gasteiger partial charge is 0.251 e. The van der Waals surface area contributed by atoms with Gasteiger partial charge in [0.25, 0.3) is 5.91 Å². The number of benzene rings is 2. The Morgan fingerprint density at radius 1 is 0.967 bits per heavy atom. The molecule has 30 heavy (non-hydrogen) atoms. The maximum atomic E-state index is 12.2. The van der Waals surface area contributed by atoms with Crippen LogP contribution in [0.25, 0.3) is 22.5 Å². The molecular formula is C22H23N3O5. The van der Waals surface area contributed by atoms with E-state index >= 15 is 0 Å². The number of aliphatic hydroxyl groups excluding tert-OH is 1. The molecule has 0 bridgehead atoms. The van der Waals surface area contributed by atoms with Crippen molar-refractivity contribution in [3.05, 3.63) is 54.4 Å². The zero-order chi connectivity index (χ0) is 21.5. The second-order valence-corrected chi connectivity index (χ2v) is 6.26. The molecule has 0 spiro atoms. The van der Waals surface area contributed by atoms with Gasteiger partial charge in [-0.05, 0) is 24.3 Å². The fourth-order valence-electron chi connectivity index (χ4n) is 2.96. The lowest BCUT2D eigenvalue weighted by Gasteiger charge is -2.14. The van der Waals surface area contributed by atoms with Gasteiger partial charge in [0.05, 0.1) is 51.7 Å². The maximum absolute atomic E-state index is 12.2. The first-order chi connectivity index (χ1) is 14.6. The number of rotatable bonds is 8. The number of nitrogens with zero attached hydrogens (tertiary/aromatic N) is 2. The Bertz CT molecular complexity index is 1010. The zero-order valence-electron chi connectivity index (χ0n) is 17.0. The van der Waals surface area contributed by atoms with E-state index in [0.29, 0.717) is 34.2 Å². The Kier molecular flexibility index (Phi) is 6.82. The third kappa shape index (κ3) is 4.49. The molecule has 0 unspecified atom stereocenters. The maximum Gasteiger partial charge on any atom is 0.251 e. The van der Waals surface area contributed by atoms with Gasteiger partial charge in [0, 0.05) is 23.2 Å². The van der Waals surface area contributed by atoms with Crippen LogP contribution in [0.15, 0.2) is 48.8 Å². The largest absolute Gasteiger partial charge is 0.493 e. The summed E-state index contributed by atoms with van der Waals surface area (Å²) in [5, 5.41) is 11.5. The lowest BCUT2D eigenvalue weighted by molar-refractivity contribution is 0.0945. The molecule has 3 rings (SSSR count). The fraction of sp³-hybridized carbons (Fsp3) is 0.227. The highest BCUT2D eigenvalue weighted by Crippen LogP contribution is 2.40. The summed E-state index contributed by atoms with van der Waals surface area (Å²) in [5.41, 5.74) is 3.19. The number of carbonyl (C=O) groups is 1. The summed E-state index contributed by atoms with van der Waals surface area (Å²) in [6, 6.07) is 10.7. The molecule has 1 amide bonds. The van der Waals surface area contributed by atoms with Gasteiger partial charge >= 0.3 is 0 Å². The molecule has 156 valence electrons. The van der Waals surface area contributed by atoms with Gasteiger partial charge in [-0.25, -0.2) is 4.98 Å². The Morgan fingerprint density at radius 2 is 1.63 bits per heavy atom. The molecule has 2 aromatic carbocycles. The van der Waals surface area contributed by atoms with Crippen molar-refractivity contribution in [2.24, 2.45) is 0 Å². The van der Waals surface area contributed by atoms with E-state index in [9.17, 15) is 4.79 Å². The minimum Gasteiger partial charge on any atom is -0.493 e. The minimum absolute atomic E-state index is 0.117. The number of carbonyl (C=O) groups excluding carboxylic acids is 1. The molecule has 0 fully saturated rings. The van der Waals surface area contributed by atoms with Crippen LogP contribution >= 0.6 is 0 Å². The molecule has 0 saturated carbocycles. The number of methoxy groups -OCH3 is 3. The summed E-state index contributed by atoms with van der Waals surface area (Å²) in [5.74, 6) is 1.26. The number of nitrogens with one attached hydrogen (secondary N) is 1.